The molecule has 1 aromatic rings. The number of carbonyl (C=O) groups is 1. The summed E-state index contributed by atoms with van der Waals surface area (Å²) in [6.07, 6.45) is 9.51. The molecule has 6 heteroatoms. The van der Waals surface area contributed by atoms with Crippen molar-refractivity contribution < 1.29 is 18.3 Å². The van der Waals surface area contributed by atoms with Gasteiger partial charge in [-0.3, -0.25) is 4.79 Å². The van der Waals surface area contributed by atoms with Crippen molar-refractivity contribution in [3.8, 4) is 0 Å². The zero-order valence-electron chi connectivity index (χ0n) is 15.8. The maximum Gasteiger partial charge on any atom is 0.303 e. The third-order valence-corrected chi connectivity index (χ3v) is 7.56. The number of nitrogens with one attached hydrogen (secondary N) is 1. The summed E-state index contributed by atoms with van der Waals surface area (Å²) in [7, 11) is -3.48. The fourth-order valence-corrected chi connectivity index (χ4v) is 5.76. The highest BCUT2D eigenvalue weighted by molar-refractivity contribution is 7.89. The van der Waals surface area contributed by atoms with Gasteiger partial charge in [-0.2, -0.15) is 0 Å². The number of hydrogen-bond donors (Lipinski definition) is 2. The fraction of sp³-hybridized carbons (Fsp3) is 0.571. The SMILES string of the molecule is Cc1ccc(S(=O)(=O)NCC2C3CCC(C3)C2/C=C\CCCC(=O)O)cc1. The third kappa shape index (κ3) is 4.99. The first-order valence-corrected chi connectivity index (χ1v) is 11.3. The average molecular weight is 392 g/mol. The van der Waals surface area contributed by atoms with E-state index >= 15 is 0 Å². The van der Waals surface area contributed by atoms with Crippen LogP contribution in [0.5, 0.6) is 0 Å². The molecule has 1 aromatic carbocycles. The molecule has 4 atom stereocenters. The Morgan fingerprint density at radius 2 is 1.93 bits per heavy atom. The lowest BCUT2D eigenvalue weighted by atomic mass is 9.79. The molecular weight excluding hydrogens is 362 g/mol. The summed E-state index contributed by atoms with van der Waals surface area (Å²) >= 11 is 0. The maximum atomic E-state index is 12.6. The van der Waals surface area contributed by atoms with Gasteiger partial charge in [0.2, 0.25) is 10.0 Å². The van der Waals surface area contributed by atoms with Crippen molar-refractivity contribution in [3.63, 3.8) is 0 Å². The Hall–Kier alpha value is -1.66. The second-order valence-electron chi connectivity index (χ2n) is 7.95. The molecule has 2 aliphatic rings. The van der Waals surface area contributed by atoms with Gasteiger partial charge in [0, 0.05) is 13.0 Å². The summed E-state index contributed by atoms with van der Waals surface area (Å²) in [6, 6.07) is 6.93. The van der Waals surface area contributed by atoms with Crippen LogP contribution in [0.3, 0.4) is 0 Å². The van der Waals surface area contributed by atoms with E-state index in [1.807, 2.05) is 19.1 Å². The Balaban J connectivity index is 1.59. The summed E-state index contributed by atoms with van der Waals surface area (Å²) in [4.78, 5) is 10.9. The lowest BCUT2D eigenvalue weighted by molar-refractivity contribution is -0.137. The van der Waals surface area contributed by atoms with Crippen LogP contribution in [-0.4, -0.2) is 26.0 Å². The molecule has 0 amide bonds. The van der Waals surface area contributed by atoms with Gasteiger partial charge in [-0.05, 0) is 74.8 Å². The number of allylic oxidation sites excluding steroid dienone is 2. The summed E-state index contributed by atoms with van der Waals surface area (Å²) in [6.45, 7) is 2.41. The third-order valence-electron chi connectivity index (χ3n) is 6.12. The Morgan fingerprint density at radius 3 is 2.63 bits per heavy atom. The van der Waals surface area contributed by atoms with Crippen molar-refractivity contribution >= 4 is 16.0 Å². The molecule has 2 fully saturated rings. The van der Waals surface area contributed by atoms with Crippen LogP contribution < -0.4 is 4.72 Å². The van der Waals surface area contributed by atoms with E-state index in [0.29, 0.717) is 41.5 Å². The van der Waals surface area contributed by atoms with E-state index in [2.05, 4.69) is 16.9 Å². The van der Waals surface area contributed by atoms with Gasteiger partial charge in [-0.25, -0.2) is 13.1 Å². The molecule has 5 nitrogen and oxygen atoms in total. The number of fused-ring (bicyclic) bond motifs is 2. The molecule has 0 heterocycles. The molecule has 0 radical (unpaired) electrons. The normalized spacial score (nSPS) is 27.4. The highest BCUT2D eigenvalue weighted by atomic mass is 32.2. The number of aryl methyl sites for hydroxylation is 1. The van der Waals surface area contributed by atoms with Gasteiger partial charge < -0.3 is 5.11 Å². The monoisotopic (exact) mass is 391 g/mol. The number of sulfonamides is 1. The van der Waals surface area contributed by atoms with Crippen LogP contribution in [0.25, 0.3) is 0 Å². The number of rotatable bonds is 9. The quantitative estimate of drug-likeness (QED) is 0.496. The second-order valence-corrected chi connectivity index (χ2v) is 9.72. The highest BCUT2D eigenvalue weighted by Crippen LogP contribution is 2.52. The summed E-state index contributed by atoms with van der Waals surface area (Å²) < 4.78 is 28.0. The number of aliphatic carboxylic acids is 1. The molecule has 0 aromatic heterocycles. The van der Waals surface area contributed by atoms with Crippen molar-refractivity contribution in [2.75, 3.05) is 6.54 Å². The van der Waals surface area contributed by atoms with E-state index in [0.717, 1.165) is 12.0 Å². The van der Waals surface area contributed by atoms with Gasteiger partial charge in [0.1, 0.15) is 0 Å². The first kappa shape index (κ1) is 20.1. The van der Waals surface area contributed by atoms with Crippen molar-refractivity contribution in [2.45, 2.75) is 50.3 Å². The number of carboxylic acids is 1. The minimum absolute atomic E-state index is 0.195. The van der Waals surface area contributed by atoms with Gasteiger partial charge >= 0.3 is 5.97 Å². The van der Waals surface area contributed by atoms with E-state index in [1.54, 1.807) is 12.1 Å². The lowest BCUT2D eigenvalue weighted by Gasteiger charge is -2.29. The molecule has 3 rings (SSSR count). The zero-order valence-corrected chi connectivity index (χ0v) is 16.6. The molecule has 4 unspecified atom stereocenters. The second kappa shape index (κ2) is 8.57. The van der Waals surface area contributed by atoms with Crippen LogP contribution >= 0.6 is 0 Å². The van der Waals surface area contributed by atoms with Gasteiger partial charge in [0.05, 0.1) is 4.90 Å². The number of benzene rings is 1. The fourth-order valence-electron chi connectivity index (χ4n) is 4.69. The molecule has 0 spiro atoms. The highest BCUT2D eigenvalue weighted by Gasteiger charge is 2.46. The smallest absolute Gasteiger partial charge is 0.303 e. The van der Waals surface area contributed by atoms with Crippen LogP contribution in [0.15, 0.2) is 41.3 Å². The Labute approximate surface area is 161 Å². The van der Waals surface area contributed by atoms with E-state index in [4.69, 9.17) is 5.11 Å². The summed E-state index contributed by atoms with van der Waals surface area (Å²) in [5, 5.41) is 8.72. The van der Waals surface area contributed by atoms with Crippen LogP contribution in [0, 0.1) is 30.6 Å². The lowest BCUT2D eigenvalue weighted by Crippen LogP contribution is -2.35. The average Bonchev–Trinajstić information content (AvgIpc) is 3.21. The molecule has 148 valence electrons. The number of hydrogen-bond acceptors (Lipinski definition) is 3. The zero-order chi connectivity index (χ0) is 19.4. The van der Waals surface area contributed by atoms with Crippen molar-refractivity contribution in [3.05, 3.63) is 42.0 Å². The minimum atomic E-state index is -3.48. The number of unbranched alkanes of at least 4 members (excludes halogenated alkanes) is 1. The van der Waals surface area contributed by atoms with Gasteiger partial charge in [-0.15, -0.1) is 0 Å². The van der Waals surface area contributed by atoms with E-state index in [-0.39, 0.29) is 6.42 Å². The predicted molar refractivity (Wildman–Crippen MR) is 105 cm³/mol. The molecule has 2 saturated carbocycles. The van der Waals surface area contributed by atoms with Crippen molar-refractivity contribution in [2.24, 2.45) is 23.7 Å². The maximum absolute atomic E-state index is 12.6. The number of carboxylic acid groups (broad SMARTS) is 1. The van der Waals surface area contributed by atoms with Gasteiger partial charge in [0.25, 0.3) is 0 Å². The van der Waals surface area contributed by atoms with E-state index in [9.17, 15) is 13.2 Å². The molecule has 0 saturated heterocycles. The summed E-state index contributed by atoms with van der Waals surface area (Å²) in [5.41, 5.74) is 1.04. The molecule has 27 heavy (non-hydrogen) atoms. The minimum Gasteiger partial charge on any atom is -0.481 e. The topological polar surface area (TPSA) is 83.5 Å². The Bertz CT molecular complexity index is 785. The van der Waals surface area contributed by atoms with Gasteiger partial charge in [0.15, 0.2) is 0 Å². The largest absolute Gasteiger partial charge is 0.481 e. The van der Waals surface area contributed by atoms with E-state index in [1.165, 1.54) is 19.3 Å². The molecule has 0 aliphatic heterocycles. The van der Waals surface area contributed by atoms with Crippen molar-refractivity contribution in [1.29, 1.82) is 0 Å². The first-order chi connectivity index (χ1) is 12.9. The van der Waals surface area contributed by atoms with E-state index < -0.39 is 16.0 Å². The molecule has 2 N–H and O–H groups in total. The van der Waals surface area contributed by atoms with Crippen LogP contribution in [0.4, 0.5) is 0 Å². The van der Waals surface area contributed by atoms with Crippen LogP contribution in [-0.2, 0) is 14.8 Å². The first-order valence-electron chi connectivity index (χ1n) is 9.81. The summed E-state index contributed by atoms with van der Waals surface area (Å²) in [5.74, 6) is 1.20. The van der Waals surface area contributed by atoms with Crippen LogP contribution in [0.2, 0.25) is 0 Å². The standard InChI is InChI=1S/C21H29NO4S/c1-15-7-11-18(12-8-15)27(25,26)22-14-20-17-10-9-16(13-17)19(20)5-3-2-4-6-21(23)24/h3,5,7-8,11-12,16-17,19-20,22H,2,4,6,9-10,13-14H2,1H3,(H,23,24)/b5-3-. The Kier molecular flexibility index (Phi) is 6.37. The molecular formula is C21H29NO4S. The molecule has 2 aliphatic carbocycles. The van der Waals surface area contributed by atoms with Crippen LogP contribution in [0.1, 0.15) is 44.1 Å². The van der Waals surface area contributed by atoms with Crippen molar-refractivity contribution in [1.82, 2.24) is 4.72 Å². The molecule has 2 bridgehead atoms. The predicted octanol–water partition coefficient (Wildman–Crippen LogP) is 3.75. The van der Waals surface area contributed by atoms with Gasteiger partial charge in [-0.1, -0.05) is 29.8 Å². The Morgan fingerprint density at radius 1 is 1.22 bits per heavy atom.